The van der Waals surface area contributed by atoms with Crippen molar-refractivity contribution in [3.63, 3.8) is 0 Å². The van der Waals surface area contributed by atoms with Crippen molar-refractivity contribution in [2.24, 2.45) is 11.3 Å². The van der Waals surface area contributed by atoms with E-state index in [0.29, 0.717) is 18.1 Å². The molecule has 2 nitrogen and oxygen atoms in total. The summed E-state index contributed by atoms with van der Waals surface area (Å²) < 4.78 is 5.60. The normalized spacial score (nSPS) is 32.2. The zero-order valence-electron chi connectivity index (χ0n) is 10.5. The SMILES string of the molecule is C=C1CCC(=O)[C@]2(C)Cc3occ(C)c3C[C@@H]12. The molecule has 0 radical (unpaired) electrons. The summed E-state index contributed by atoms with van der Waals surface area (Å²) in [6.45, 7) is 8.35. The molecule has 0 saturated heterocycles. The Morgan fingerprint density at radius 1 is 1.47 bits per heavy atom. The van der Waals surface area contributed by atoms with Crippen LogP contribution in [0.3, 0.4) is 0 Å². The maximum absolute atomic E-state index is 12.2. The van der Waals surface area contributed by atoms with Gasteiger partial charge in [-0.1, -0.05) is 19.1 Å². The standard InChI is InChI=1S/C15H18O2/c1-9-4-5-14(16)15(3)7-13-11(6-12(9)15)10(2)8-17-13/h8,12H,1,4-7H2,2-3H3/t12-,15+/m0/s1. The largest absolute Gasteiger partial charge is 0.469 e. The highest BCUT2D eigenvalue weighted by molar-refractivity contribution is 5.87. The highest BCUT2D eigenvalue weighted by atomic mass is 16.3. The predicted octanol–water partition coefficient (Wildman–Crippen LogP) is 3.23. The summed E-state index contributed by atoms with van der Waals surface area (Å²) in [6, 6.07) is 0. The second kappa shape index (κ2) is 3.34. The average Bonchev–Trinajstić information content (AvgIpc) is 2.64. The minimum absolute atomic E-state index is 0.271. The average molecular weight is 230 g/mol. The van der Waals surface area contributed by atoms with Crippen LogP contribution in [-0.2, 0) is 17.6 Å². The third kappa shape index (κ3) is 1.36. The van der Waals surface area contributed by atoms with Gasteiger partial charge in [0, 0.05) is 18.3 Å². The van der Waals surface area contributed by atoms with Gasteiger partial charge >= 0.3 is 0 Å². The molecule has 0 amide bonds. The van der Waals surface area contributed by atoms with E-state index < -0.39 is 0 Å². The summed E-state index contributed by atoms with van der Waals surface area (Å²) >= 11 is 0. The number of furan rings is 1. The van der Waals surface area contributed by atoms with E-state index in [1.165, 1.54) is 16.7 Å². The molecule has 2 heteroatoms. The summed E-state index contributed by atoms with van der Waals surface area (Å²) in [5, 5.41) is 0. The number of hydrogen-bond donors (Lipinski definition) is 0. The molecule has 1 saturated carbocycles. The number of hydrogen-bond acceptors (Lipinski definition) is 2. The predicted molar refractivity (Wildman–Crippen MR) is 65.8 cm³/mol. The van der Waals surface area contributed by atoms with Crippen LogP contribution < -0.4 is 0 Å². The zero-order chi connectivity index (χ0) is 12.2. The van der Waals surface area contributed by atoms with Crippen LogP contribution in [0.1, 0.15) is 36.7 Å². The molecule has 17 heavy (non-hydrogen) atoms. The summed E-state index contributed by atoms with van der Waals surface area (Å²) in [7, 11) is 0. The van der Waals surface area contributed by atoms with Crippen molar-refractivity contribution < 1.29 is 9.21 Å². The lowest BCUT2D eigenvalue weighted by molar-refractivity contribution is -0.132. The third-order valence-corrected chi connectivity index (χ3v) is 4.70. The van der Waals surface area contributed by atoms with E-state index in [4.69, 9.17) is 4.42 Å². The molecule has 1 heterocycles. The van der Waals surface area contributed by atoms with E-state index in [2.05, 4.69) is 20.4 Å². The Morgan fingerprint density at radius 2 is 2.24 bits per heavy atom. The van der Waals surface area contributed by atoms with Crippen LogP contribution >= 0.6 is 0 Å². The van der Waals surface area contributed by atoms with Gasteiger partial charge in [-0.3, -0.25) is 4.79 Å². The number of aryl methyl sites for hydroxylation is 1. The first-order valence-corrected chi connectivity index (χ1v) is 6.29. The Kier molecular flexibility index (Phi) is 2.13. The Balaban J connectivity index is 2.09. The maximum Gasteiger partial charge on any atom is 0.140 e. The van der Waals surface area contributed by atoms with E-state index >= 15 is 0 Å². The van der Waals surface area contributed by atoms with Gasteiger partial charge in [0.05, 0.1) is 6.26 Å². The van der Waals surface area contributed by atoms with Gasteiger partial charge in [0.25, 0.3) is 0 Å². The van der Waals surface area contributed by atoms with Crippen LogP contribution in [0.4, 0.5) is 0 Å². The lowest BCUT2D eigenvalue weighted by Gasteiger charge is -2.44. The molecule has 2 aliphatic rings. The lowest BCUT2D eigenvalue weighted by Crippen LogP contribution is -2.45. The van der Waals surface area contributed by atoms with Crippen LogP contribution in [0.5, 0.6) is 0 Å². The van der Waals surface area contributed by atoms with Gasteiger partial charge in [0.2, 0.25) is 0 Å². The monoisotopic (exact) mass is 230 g/mol. The molecule has 1 aromatic rings. The Hall–Kier alpha value is -1.31. The van der Waals surface area contributed by atoms with Gasteiger partial charge in [-0.2, -0.15) is 0 Å². The minimum Gasteiger partial charge on any atom is -0.469 e. The van der Waals surface area contributed by atoms with Crippen molar-refractivity contribution in [3.05, 3.63) is 35.3 Å². The van der Waals surface area contributed by atoms with Crippen LogP contribution in [0.25, 0.3) is 0 Å². The number of allylic oxidation sites excluding steroid dienone is 1. The van der Waals surface area contributed by atoms with Crippen molar-refractivity contribution in [2.45, 2.75) is 39.5 Å². The van der Waals surface area contributed by atoms with E-state index in [9.17, 15) is 4.79 Å². The number of carbonyl (C=O) groups excluding carboxylic acids is 1. The molecule has 0 N–H and O–H groups in total. The quantitative estimate of drug-likeness (QED) is 0.640. The molecule has 90 valence electrons. The van der Waals surface area contributed by atoms with Gasteiger partial charge in [-0.05, 0) is 36.8 Å². The molecule has 0 aliphatic heterocycles. The van der Waals surface area contributed by atoms with Crippen LogP contribution in [-0.4, -0.2) is 5.78 Å². The van der Waals surface area contributed by atoms with Crippen LogP contribution in [0.15, 0.2) is 22.8 Å². The molecule has 2 aliphatic carbocycles. The first kappa shape index (κ1) is 10.8. The molecule has 0 aromatic carbocycles. The van der Waals surface area contributed by atoms with Gasteiger partial charge in [-0.15, -0.1) is 0 Å². The van der Waals surface area contributed by atoms with Crippen molar-refractivity contribution in [1.29, 1.82) is 0 Å². The Morgan fingerprint density at radius 3 is 3.00 bits per heavy atom. The highest BCUT2D eigenvalue weighted by Gasteiger charge is 2.48. The van der Waals surface area contributed by atoms with E-state index in [1.807, 2.05) is 6.26 Å². The highest BCUT2D eigenvalue weighted by Crippen LogP contribution is 2.49. The van der Waals surface area contributed by atoms with Crippen LogP contribution in [0, 0.1) is 18.3 Å². The second-order valence-electron chi connectivity index (χ2n) is 5.75. The van der Waals surface area contributed by atoms with E-state index in [0.717, 1.165) is 25.0 Å². The molecule has 1 fully saturated rings. The molecule has 1 aromatic heterocycles. The first-order chi connectivity index (χ1) is 8.02. The third-order valence-electron chi connectivity index (χ3n) is 4.70. The molecule has 0 spiro atoms. The number of rotatable bonds is 0. The fourth-order valence-electron chi connectivity index (χ4n) is 3.45. The summed E-state index contributed by atoms with van der Waals surface area (Å²) in [5.41, 5.74) is 3.50. The fraction of sp³-hybridized carbons (Fsp3) is 0.533. The minimum atomic E-state index is -0.271. The maximum atomic E-state index is 12.2. The molecular formula is C15H18O2. The number of fused-ring (bicyclic) bond motifs is 2. The van der Waals surface area contributed by atoms with Crippen LogP contribution in [0.2, 0.25) is 0 Å². The summed E-state index contributed by atoms with van der Waals surface area (Å²) in [5.74, 6) is 1.71. The Bertz CT molecular complexity index is 509. The van der Waals surface area contributed by atoms with Crippen molar-refractivity contribution >= 4 is 5.78 Å². The smallest absolute Gasteiger partial charge is 0.140 e. The number of ketones is 1. The molecule has 3 rings (SSSR count). The Labute approximate surface area is 102 Å². The number of Topliss-reactive ketones (excluding diaryl/α,β-unsaturated/α-hetero) is 1. The first-order valence-electron chi connectivity index (χ1n) is 6.29. The molecule has 0 bridgehead atoms. The van der Waals surface area contributed by atoms with Gasteiger partial charge in [0.15, 0.2) is 0 Å². The summed E-state index contributed by atoms with van der Waals surface area (Å²) in [6.07, 6.45) is 5.02. The molecule has 0 unspecified atom stereocenters. The van der Waals surface area contributed by atoms with Gasteiger partial charge < -0.3 is 4.42 Å². The van der Waals surface area contributed by atoms with Gasteiger partial charge in [-0.25, -0.2) is 0 Å². The van der Waals surface area contributed by atoms with E-state index in [1.54, 1.807) is 0 Å². The number of carbonyl (C=O) groups is 1. The summed E-state index contributed by atoms with van der Waals surface area (Å²) in [4.78, 5) is 12.2. The van der Waals surface area contributed by atoms with E-state index in [-0.39, 0.29) is 5.41 Å². The zero-order valence-corrected chi connectivity index (χ0v) is 10.5. The lowest BCUT2D eigenvalue weighted by atomic mass is 9.58. The van der Waals surface area contributed by atoms with Crippen molar-refractivity contribution in [1.82, 2.24) is 0 Å². The fourth-order valence-corrected chi connectivity index (χ4v) is 3.45. The van der Waals surface area contributed by atoms with Crippen molar-refractivity contribution in [2.75, 3.05) is 0 Å². The molecule has 2 atom stereocenters. The topological polar surface area (TPSA) is 30.2 Å². The van der Waals surface area contributed by atoms with Gasteiger partial charge in [0.1, 0.15) is 11.5 Å². The van der Waals surface area contributed by atoms with Crippen molar-refractivity contribution in [3.8, 4) is 0 Å². The molecular weight excluding hydrogens is 212 g/mol. The second-order valence-corrected chi connectivity index (χ2v) is 5.75.